The van der Waals surface area contributed by atoms with Crippen molar-refractivity contribution in [3.05, 3.63) is 35.9 Å². The van der Waals surface area contributed by atoms with Crippen LogP contribution in [0.15, 0.2) is 40.3 Å². The van der Waals surface area contributed by atoms with Crippen molar-refractivity contribution >= 4 is 35.6 Å². The fraction of sp³-hybridized carbons (Fsp3) is 0.500. The van der Waals surface area contributed by atoms with E-state index in [0.29, 0.717) is 12.8 Å². The zero-order valence-corrected chi connectivity index (χ0v) is 22.0. The summed E-state index contributed by atoms with van der Waals surface area (Å²) >= 11 is 0. The number of aliphatic imine (C=N–C) groups is 2. The summed E-state index contributed by atoms with van der Waals surface area (Å²) in [4.78, 5) is 58.2. The Kier molecular flexibility index (Phi) is 14.4. The highest BCUT2D eigenvalue weighted by molar-refractivity contribution is 5.94. The van der Waals surface area contributed by atoms with E-state index in [9.17, 15) is 24.3 Å². The molecule has 1 rings (SSSR count). The Labute approximate surface area is 227 Å². The number of rotatable bonds is 17. The predicted octanol–water partition coefficient (Wildman–Crippen LogP) is -2.78. The summed E-state index contributed by atoms with van der Waals surface area (Å²) in [6.07, 6.45) is 0.930. The van der Waals surface area contributed by atoms with Crippen LogP contribution < -0.4 is 44.6 Å². The smallest absolute Gasteiger partial charge is 0.326 e. The minimum atomic E-state index is -1.25. The summed E-state index contributed by atoms with van der Waals surface area (Å²) in [6, 6.07) is 4.56. The van der Waals surface area contributed by atoms with Crippen LogP contribution >= 0.6 is 0 Å². The number of nitrogens with zero attached hydrogens (tertiary/aromatic N) is 2. The van der Waals surface area contributed by atoms with Crippen LogP contribution in [0, 0.1) is 0 Å². The number of carboxylic acids is 1. The number of guanidine groups is 2. The summed E-state index contributed by atoms with van der Waals surface area (Å²) in [5.74, 6) is -3.40. The van der Waals surface area contributed by atoms with Crippen molar-refractivity contribution in [3.63, 3.8) is 0 Å². The predicted molar refractivity (Wildman–Crippen MR) is 147 cm³/mol. The lowest BCUT2D eigenvalue weighted by atomic mass is 10.0. The van der Waals surface area contributed by atoms with E-state index in [-0.39, 0.29) is 44.3 Å². The van der Waals surface area contributed by atoms with Gasteiger partial charge >= 0.3 is 5.97 Å². The van der Waals surface area contributed by atoms with Gasteiger partial charge in [0.25, 0.3) is 0 Å². The number of aliphatic carboxylic acids is 1. The monoisotopic (exact) mass is 548 g/mol. The Balaban J connectivity index is 3.08. The van der Waals surface area contributed by atoms with E-state index in [1.807, 2.05) is 0 Å². The minimum absolute atomic E-state index is 0.0573. The molecule has 3 amide bonds. The normalized spacial score (nSPS) is 13.6. The molecule has 1 aromatic carbocycles. The van der Waals surface area contributed by atoms with Gasteiger partial charge in [-0.15, -0.1) is 0 Å². The highest BCUT2D eigenvalue weighted by atomic mass is 16.4. The maximum atomic E-state index is 13.2. The van der Waals surface area contributed by atoms with Crippen LogP contribution in [-0.2, 0) is 25.6 Å². The first-order chi connectivity index (χ1) is 18.4. The van der Waals surface area contributed by atoms with Gasteiger partial charge in [0.2, 0.25) is 17.7 Å². The second-order valence-electron chi connectivity index (χ2n) is 8.90. The van der Waals surface area contributed by atoms with Gasteiger partial charge in [-0.1, -0.05) is 30.3 Å². The zero-order valence-electron chi connectivity index (χ0n) is 22.0. The van der Waals surface area contributed by atoms with Crippen LogP contribution in [-0.4, -0.2) is 78.0 Å². The number of hydrogen-bond donors (Lipinski definition) is 9. The molecular weight excluding hydrogens is 508 g/mol. The van der Waals surface area contributed by atoms with Gasteiger partial charge in [0.05, 0.1) is 6.04 Å². The molecule has 216 valence electrons. The topological polar surface area (TPSA) is 279 Å². The summed E-state index contributed by atoms with van der Waals surface area (Å²) in [5, 5.41) is 17.3. The molecule has 0 radical (unpaired) electrons. The quantitative estimate of drug-likeness (QED) is 0.0548. The van der Waals surface area contributed by atoms with Gasteiger partial charge < -0.3 is 49.7 Å². The second kappa shape index (κ2) is 17.2. The van der Waals surface area contributed by atoms with E-state index in [1.165, 1.54) is 6.92 Å². The summed E-state index contributed by atoms with van der Waals surface area (Å²) in [6.45, 7) is 1.87. The molecule has 1 aromatic rings. The first-order valence-electron chi connectivity index (χ1n) is 12.4. The Morgan fingerprint density at radius 1 is 0.769 bits per heavy atom. The first-order valence-corrected chi connectivity index (χ1v) is 12.4. The lowest BCUT2D eigenvalue weighted by Crippen LogP contribution is -2.57. The van der Waals surface area contributed by atoms with Gasteiger partial charge in [0.15, 0.2) is 11.9 Å². The van der Waals surface area contributed by atoms with Crippen LogP contribution in [0.4, 0.5) is 0 Å². The van der Waals surface area contributed by atoms with E-state index >= 15 is 0 Å². The Morgan fingerprint density at radius 3 is 1.72 bits per heavy atom. The van der Waals surface area contributed by atoms with Crippen molar-refractivity contribution in [2.75, 3.05) is 13.1 Å². The fourth-order valence-electron chi connectivity index (χ4n) is 3.44. The van der Waals surface area contributed by atoms with Crippen molar-refractivity contribution in [2.24, 2.45) is 38.7 Å². The third kappa shape index (κ3) is 13.6. The standard InChI is InChI=1S/C24H40N10O5/c1-14(25)19(35)32-16(9-5-11-30-23(26)27)20(36)34-18(13-15-7-3-2-4-8-15)21(37)33-17(22(38)39)10-6-12-31-24(28)29/h2-4,7-8,14,16-18H,5-6,9-13,25H2,1H3,(H,32,35)(H,33,37)(H,34,36)(H,38,39)(H4,26,27,30)(H4,28,29,31). The van der Waals surface area contributed by atoms with E-state index in [4.69, 9.17) is 28.7 Å². The number of carbonyl (C=O) groups excluding carboxylic acids is 3. The van der Waals surface area contributed by atoms with Crippen molar-refractivity contribution < 1.29 is 24.3 Å². The van der Waals surface area contributed by atoms with Gasteiger partial charge in [0.1, 0.15) is 18.1 Å². The fourth-order valence-corrected chi connectivity index (χ4v) is 3.44. The number of nitrogens with one attached hydrogen (secondary N) is 3. The van der Waals surface area contributed by atoms with Crippen LogP contribution in [0.25, 0.3) is 0 Å². The van der Waals surface area contributed by atoms with Gasteiger partial charge in [0, 0.05) is 19.5 Å². The van der Waals surface area contributed by atoms with E-state index in [0.717, 1.165) is 5.56 Å². The van der Waals surface area contributed by atoms with Gasteiger partial charge in [-0.3, -0.25) is 24.4 Å². The lowest BCUT2D eigenvalue weighted by molar-refractivity contribution is -0.142. The highest BCUT2D eigenvalue weighted by Crippen LogP contribution is 2.08. The van der Waals surface area contributed by atoms with Crippen LogP contribution in [0.2, 0.25) is 0 Å². The number of hydrogen-bond acceptors (Lipinski definition) is 7. The SMILES string of the molecule is CC(N)C(=O)NC(CCCN=C(N)N)C(=O)NC(Cc1ccccc1)C(=O)NC(CCCN=C(N)N)C(=O)O. The Bertz CT molecular complexity index is 1010. The molecule has 0 fully saturated rings. The largest absolute Gasteiger partial charge is 0.480 e. The average molecular weight is 549 g/mol. The second-order valence-corrected chi connectivity index (χ2v) is 8.90. The van der Waals surface area contributed by atoms with Crippen LogP contribution in [0.3, 0.4) is 0 Å². The highest BCUT2D eigenvalue weighted by Gasteiger charge is 2.30. The van der Waals surface area contributed by atoms with E-state index in [1.54, 1.807) is 30.3 Å². The zero-order chi connectivity index (χ0) is 29.4. The van der Waals surface area contributed by atoms with Crippen molar-refractivity contribution in [3.8, 4) is 0 Å². The molecule has 0 bridgehead atoms. The number of carbonyl (C=O) groups is 4. The molecule has 15 nitrogen and oxygen atoms in total. The molecule has 0 aliphatic carbocycles. The molecule has 0 aromatic heterocycles. The molecule has 4 unspecified atom stereocenters. The molecule has 14 N–H and O–H groups in total. The van der Waals surface area contributed by atoms with Crippen molar-refractivity contribution in [1.82, 2.24) is 16.0 Å². The summed E-state index contributed by atoms with van der Waals surface area (Å²) < 4.78 is 0. The molecule has 0 aliphatic rings. The molecule has 39 heavy (non-hydrogen) atoms. The number of nitrogens with two attached hydrogens (primary N) is 5. The average Bonchev–Trinajstić information content (AvgIpc) is 2.86. The van der Waals surface area contributed by atoms with Crippen LogP contribution in [0.1, 0.15) is 38.2 Å². The molecule has 0 spiro atoms. The lowest BCUT2D eigenvalue weighted by Gasteiger charge is -2.25. The number of amides is 3. The van der Waals surface area contributed by atoms with Gasteiger partial charge in [-0.2, -0.15) is 0 Å². The van der Waals surface area contributed by atoms with E-state index < -0.39 is 47.9 Å². The van der Waals surface area contributed by atoms with Gasteiger partial charge in [-0.05, 0) is 38.2 Å². The third-order valence-electron chi connectivity index (χ3n) is 5.47. The molecule has 0 saturated heterocycles. The van der Waals surface area contributed by atoms with Crippen LogP contribution in [0.5, 0.6) is 0 Å². The molecule has 4 atom stereocenters. The maximum Gasteiger partial charge on any atom is 0.326 e. The van der Waals surface area contributed by atoms with E-state index in [2.05, 4.69) is 25.9 Å². The van der Waals surface area contributed by atoms with Gasteiger partial charge in [-0.25, -0.2) is 4.79 Å². The number of benzene rings is 1. The Morgan fingerprint density at radius 2 is 1.23 bits per heavy atom. The minimum Gasteiger partial charge on any atom is -0.480 e. The molecule has 15 heteroatoms. The van der Waals surface area contributed by atoms with Crippen molar-refractivity contribution in [2.45, 2.75) is 63.2 Å². The third-order valence-corrected chi connectivity index (χ3v) is 5.47. The molecule has 0 aliphatic heterocycles. The first kappa shape index (κ1) is 32.6. The molecule has 0 heterocycles. The maximum absolute atomic E-state index is 13.2. The molecular formula is C24H40N10O5. The number of carboxylic acid groups (broad SMARTS) is 1. The summed E-state index contributed by atoms with van der Waals surface area (Å²) in [7, 11) is 0. The molecule has 0 saturated carbocycles. The Hall–Kier alpha value is -4.40. The summed E-state index contributed by atoms with van der Waals surface area (Å²) in [5.41, 5.74) is 27.6. The van der Waals surface area contributed by atoms with Crippen molar-refractivity contribution in [1.29, 1.82) is 0 Å².